The summed E-state index contributed by atoms with van der Waals surface area (Å²) in [6.45, 7) is 0.540. The minimum absolute atomic E-state index is 0.0663. The van der Waals surface area contributed by atoms with Crippen LogP contribution in [0.1, 0.15) is 5.56 Å². The van der Waals surface area contributed by atoms with Crippen LogP contribution in [0.5, 0.6) is 5.75 Å². The van der Waals surface area contributed by atoms with Crippen molar-refractivity contribution in [2.45, 2.75) is 6.54 Å². The van der Waals surface area contributed by atoms with Crippen molar-refractivity contribution in [3.8, 4) is 5.75 Å². The van der Waals surface area contributed by atoms with Gasteiger partial charge in [0.15, 0.2) is 6.61 Å². The van der Waals surface area contributed by atoms with E-state index in [1.165, 1.54) is 3.57 Å². The van der Waals surface area contributed by atoms with Crippen molar-refractivity contribution < 1.29 is 9.53 Å². The molecule has 0 atom stereocenters. The van der Waals surface area contributed by atoms with E-state index in [-0.39, 0.29) is 12.5 Å². The zero-order chi connectivity index (χ0) is 19.1. The van der Waals surface area contributed by atoms with Crippen LogP contribution in [0.3, 0.4) is 0 Å². The molecule has 3 aromatic carbocycles. The Morgan fingerprint density at radius 1 is 0.926 bits per heavy atom. The first kappa shape index (κ1) is 19.5. The number of hydrogen-bond acceptors (Lipinski definition) is 3. The average Bonchev–Trinajstić information content (AvgIpc) is 2.68. The molecule has 0 heterocycles. The summed E-state index contributed by atoms with van der Waals surface area (Å²) in [4.78, 5) is 12.1. The Bertz CT molecular complexity index is 899. The van der Waals surface area contributed by atoms with E-state index in [2.05, 4.69) is 33.2 Å². The lowest BCUT2D eigenvalue weighted by atomic mass is 10.2. The number of amides is 1. The highest BCUT2D eigenvalue weighted by Crippen LogP contribution is 2.20. The Labute approximate surface area is 177 Å². The summed E-state index contributed by atoms with van der Waals surface area (Å²) in [6, 6.07) is 22.8. The van der Waals surface area contributed by atoms with Crippen molar-refractivity contribution >= 4 is 51.5 Å². The van der Waals surface area contributed by atoms with Gasteiger partial charge in [-0.25, -0.2) is 0 Å². The molecule has 0 radical (unpaired) electrons. The zero-order valence-corrected chi connectivity index (χ0v) is 17.3. The number of nitrogens with one attached hydrogen (secondary N) is 2. The zero-order valence-electron chi connectivity index (χ0n) is 14.4. The molecule has 3 aromatic rings. The van der Waals surface area contributed by atoms with Crippen molar-refractivity contribution in [3.05, 3.63) is 87.0 Å². The van der Waals surface area contributed by atoms with Crippen LogP contribution < -0.4 is 15.4 Å². The van der Waals surface area contributed by atoms with Gasteiger partial charge in [0.05, 0.1) is 0 Å². The molecular formula is C21H18ClIN2O2. The molecule has 0 bridgehead atoms. The largest absolute Gasteiger partial charge is 0.483 e. The van der Waals surface area contributed by atoms with E-state index in [4.69, 9.17) is 16.3 Å². The fourth-order valence-corrected chi connectivity index (χ4v) is 2.91. The second-order valence-electron chi connectivity index (χ2n) is 5.81. The van der Waals surface area contributed by atoms with E-state index in [0.717, 1.165) is 11.3 Å². The summed E-state index contributed by atoms with van der Waals surface area (Å²) in [6.07, 6.45) is 0. The topological polar surface area (TPSA) is 50.4 Å². The number of carbonyl (C=O) groups is 1. The molecule has 4 nitrogen and oxygen atoms in total. The van der Waals surface area contributed by atoms with Crippen molar-refractivity contribution in [3.63, 3.8) is 0 Å². The van der Waals surface area contributed by atoms with Gasteiger partial charge in [-0.2, -0.15) is 0 Å². The fraction of sp³-hybridized carbons (Fsp3) is 0.0952. The van der Waals surface area contributed by atoms with Crippen LogP contribution in [0.2, 0.25) is 5.02 Å². The van der Waals surface area contributed by atoms with Gasteiger partial charge in [-0.1, -0.05) is 29.8 Å². The Kier molecular flexibility index (Phi) is 6.95. The van der Waals surface area contributed by atoms with Gasteiger partial charge in [0.2, 0.25) is 0 Å². The Hall–Kier alpha value is -2.25. The molecule has 0 fully saturated rings. The van der Waals surface area contributed by atoms with Crippen LogP contribution in [0.4, 0.5) is 11.4 Å². The molecule has 0 aromatic heterocycles. The number of halogens is 2. The monoisotopic (exact) mass is 492 g/mol. The third-order valence-corrected chi connectivity index (χ3v) is 4.76. The molecule has 27 heavy (non-hydrogen) atoms. The Balaban J connectivity index is 1.56. The van der Waals surface area contributed by atoms with Crippen LogP contribution in [0.15, 0.2) is 72.8 Å². The molecule has 138 valence electrons. The van der Waals surface area contributed by atoms with Gasteiger partial charge in [0.1, 0.15) is 5.75 Å². The molecule has 0 unspecified atom stereocenters. The second kappa shape index (κ2) is 9.62. The second-order valence-corrected chi connectivity index (χ2v) is 7.49. The normalized spacial score (nSPS) is 10.3. The van der Waals surface area contributed by atoms with E-state index in [0.29, 0.717) is 23.0 Å². The van der Waals surface area contributed by atoms with Gasteiger partial charge in [-0.3, -0.25) is 4.79 Å². The summed E-state index contributed by atoms with van der Waals surface area (Å²) < 4.78 is 6.91. The molecule has 0 aliphatic rings. The number of para-hydroxylation sites is 1. The standard InChI is InChI=1S/C21H18ClIN2O2/c22-16-5-9-19(10-6-16)25-21(26)14-27-20-4-2-1-3-15(20)13-24-18-11-7-17(23)8-12-18/h1-12,24H,13-14H2,(H,25,26). The van der Waals surface area contributed by atoms with E-state index >= 15 is 0 Å². The van der Waals surface area contributed by atoms with Crippen LogP contribution in [0.25, 0.3) is 0 Å². The first-order valence-corrected chi connectivity index (χ1v) is 9.81. The summed E-state index contributed by atoms with van der Waals surface area (Å²) in [5.74, 6) is 0.458. The molecule has 0 aliphatic heterocycles. The molecule has 6 heteroatoms. The first-order valence-electron chi connectivity index (χ1n) is 8.36. The summed E-state index contributed by atoms with van der Waals surface area (Å²) in [7, 11) is 0. The summed E-state index contributed by atoms with van der Waals surface area (Å²) in [5.41, 5.74) is 2.70. The minimum atomic E-state index is -0.224. The van der Waals surface area contributed by atoms with Gasteiger partial charge >= 0.3 is 0 Å². The number of anilines is 2. The highest BCUT2D eigenvalue weighted by Gasteiger charge is 2.07. The molecule has 0 aliphatic carbocycles. The van der Waals surface area contributed by atoms with Crippen LogP contribution in [-0.4, -0.2) is 12.5 Å². The predicted octanol–water partition coefficient (Wildman–Crippen LogP) is 5.57. The number of rotatable bonds is 7. The smallest absolute Gasteiger partial charge is 0.262 e. The van der Waals surface area contributed by atoms with Gasteiger partial charge in [0, 0.05) is 32.1 Å². The molecular weight excluding hydrogens is 475 g/mol. The van der Waals surface area contributed by atoms with Gasteiger partial charge in [-0.15, -0.1) is 0 Å². The summed E-state index contributed by atoms with van der Waals surface area (Å²) >= 11 is 8.12. The van der Waals surface area contributed by atoms with Crippen molar-refractivity contribution in [1.29, 1.82) is 0 Å². The van der Waals surface area contributed by atoms with E-state index in [1.807, 2.05) is 48.5 Å². The average molecular weight is 493 g/mol. The SMILES string of the molecule is O=C(COc1ccccc1CNc1ccc(I)cc1)Nc1ccc(Cl)cc1. The van der Waals surface area contributed by atoms with Gasteiger partial charge in [0.25, 0.3) is 5.91 Å². The molecule has 3 rings (SSSR count). The molecule has 0 saturated heterocycles. The lowest BCUT2D eigenvalue weighted by molar-refractivity contribution is -0.118. The maximum Gasteiger partial charge on any atom is 0.262 e. The molecule has 1 amide bonds. The Morgan fingerprint density at radius 2 is 1.59 bits per heavy atom. The van der Waals surface area contributed by atoms with Gasteiger partial charge in [-0.05, 0) is 77.2 Å². The highest BCUT2D eigenvalue weighted by molar-refractivity contribution is 14.1. The lowest BCUT2D eigenvalue weighted by Gasteiger charge is -2.13. The fourth-order valence-electron chi connectivity index (χ4n) is 2.43. The molecule has 0 spiro atoms. The van der Waals surface area contributed by atoms with E-state index in [1.54, 1.807) is 24.3 Å². The van der Waals surface area contributed by atoms with Crippen molar-refractivity contribution in [2.24, 2.45) is 0 Å². The molecule has 0 saturated carbocycles. The van der Waals surface area contributed by atoms with Crippen molar-refractivity contribution in [1.82, 2.24) is 0 Å². The maximum absolute atomic E-state index is 12.1. The minimum Gasteiger partial charge on any atom is -0.483 e. The lowest BCUT2D eigenvalue weighted by Crippen LogP contribution is -2.20. The Morgan fingerprint density at radius 3 is 2.33 bits per heavy atom. The van der Waals surface area contributed by atoms with Crippen LogP contribution >= 0.6 is 34.2 Å². The molecule has 2 N–H and O–H groups in total. The number of ether oxygens (including phenoxy) is 1. The first-order chi connectivity index (χ1) is 13.1. The van der Waals surface area contributed by atoms with E-state index < -0.39 is 0 Å². The predicted molar refractivity (Wildman–Crippen MR) is 119 cm³/mol. The third kappa shape index (κ3) is 6.15. The highest BCUT2D eigenvalue weighted by atomic mass is 127. The maximum atomic E-state index is 12.1. The number of benzene rings is 3. The van der Waals surface area contributed by atoms with Gasteiger partial charge < -0.3 is 15.4 Å². The van der Waals surface area contributed by atoms with Crippen molar-refractivity contribution in [2.75, 3.05) is 17.2 Å². The van der Waals surface area contributed by atoms with Crippen LogP contribution in [-0.2, 0) is 11.3 Å². The van der Waals surface area contributed by atoms with Crippen LogP contribution in [0, 0.1) is 3.57 Å². The number of carbonyl (C=O) groups excluding carboxylic acids is 1. The number of hydrogen-bond donors (Lipinski definition) is 2. The van der Waals surface area contributed by atoms with E-state index in [9.17, 15) is 4.79 Å². The summed E-state index contributed by atoms with van der Waals surface area (Å²) in [5, 5.41) is 6.77. The third-order valence-electron chi connectivity index (χ3n) is 3.79. The quantitative estimate of drug-likeness (QED) is 0.424.